The molecule has 3 aromatic carbocycles. The molecule has 33 heavy (non-hydrogen) atoms. The van der Waals surface area contributed by atoms with Gasteiger partial charge in [0.25, 0.3) is 0 Å². The van der Waals surface area contributed by atoms with E-state index in [-0.39, 0.29) is 28.8 Å². The molecule has 4 rings (SSSR count). The first-order valence-electron chi connectivity index (χ1n) is 10.0. The van der Waals surface area contributed by atoms with Crippen molar-refractivity contribution in [3.05, 3.63) is 102 Å². The number of rotatable bonds is 6. The predicted octanol–water partition coefficient (Wildman–Crippen LogP) is 5.41. The number of hydrogen-bond acceptors (Lipinski definition) is 5. The number of ether oxygens (including phenoxy) is 1. The zero-order valence-corrected chi connectivity index (χ0v) is 18.5. The van der Waals surface area contributed by atoms with E-state index in [4.69, 9.17) is 4.74 Å². The summed E-state index contributed by atoms with van der Waals surface area (Å²) < 4.78 is 43.1. The first kappa shape index (κ1) is 22.2. The molecule has 0 aliphatic heterocycles. The van der Waals surface area contributed by atoms with E-state index in [1.807, 2.05) is 30.3 Å². The maximum absolute atomic E-state index is 13.5. The maximum atomic E-state index is 13.5. The second kappa shape index (κ2) is 9.23. The predicted molar refractivity (Wildman–Crippen MR) is 124 cm³/mol. The average molecular weight is 459 g/mol. The fraction of sp³-hybridized carbons (Fsp3) is 0.0769. The highest BCUT2D eigenvalue weighted by Gasteiger charge is 2.17. The second-order valence-corrected chi connectivity index (χ2v) is 9.44. The van der Waals surface area contributed by atoms with Gasteiger partial charge in [-0.3, -0.25) is 0 Å². The summed E-state index contributed by atoms with van der Waals surface area (Å²) in [4.78, 5) is 4.81. The number of hydrogen-bond donors (Lipinski definition) is 0. The molecule has 0 N–H and O–H groups in total. The fourth-order valence-electron chi connectivity index (χ4n) is 3.34. The van der Waals surface area contributed by atoms with E-state index in [0.717, 1.165) is 11.8 Å². The molecule has 0 spiro atoms. The molecule has 0 atom stereocenters. The fourth-order valence-corrected chi connectivity index (χ4v) is 3.97. The van der Waals surface area contributed by atoms with E-state index < -0.39 is 9.84 Å². The molecule has 0 bridgehead atoms. The highest BCUT2D eigenvalue weighted by molar-refractivity contribution is 7.90. The van der Waals surface area contributed by atoms with Crippen molar-refractivity contribution in [1.82, 2.24) is 4.98 Å². The molecule has 1 heterocycles. The standard InChI is InChI=1S/C26H19FN2O3S/c1-33(30,31)23-13-9-19(10-14-23)24-15-21(16-28)26(32-17-18-5-3-2-4-6-18)29-25(24)20-7-11-22(27)12-8-20/h2-15H,17H2,1H3. The minimum atomic E-state index is -3.35. The lowest BCUT2D eigenvalue weighted by Gasteiger charge is -2.14. The van der Waals surface area contributed by atoms with Crippen LogP contribution in [0.1, 0.15) is 11.1 Å². The molecule has 0 fully saturated rings. The summed E-state index contributed by atoms with van der Waals surface area (Å²) in [7, 11) is -3.35. The molecule has 164 valence electrons. The summed E-state index contributed by atoms with van der Waals surface area (Å²) >= 11 is 0. The summed E-state index contributed by atoms with van der Waals surface area (Å²) in [5.41, 5.74) is 3.55. The molecule has 1 aromatic heterocycles. The molecular formula is C26H19FN2O3S. The van der Waals surface area contributed by atoms with Gasteiger partial charge in [0.05, 0.1) is 10.6 Å². The van der Waals surface area contributed by atoms with Crippen LogP contribution in [-0.2, 0) is 16.4 Å². The molecule has 0 aliphatic rings. The van der Waals surface area contributed by atoms with Crippen molar-refractivity contribution in [2.24, 2.45) is 0 Å². The minimum Gasteiger partial charge on any atom is -0.472 e. The summed E-state index contributed by atoms with van der Waals surface area (Å²) in [5.74, 6) is -0.218. The van der Waals surface area contributed by atoms with E-state index in [1.165, 1.54) is 24.3 Å². The highest BCUT2D eigenvalue weighted by atomic mass is 32.2. The van der Waals surface area contributed by atoms with Gasteiger partial charge in [0.15, 0.2) is 9.84 Å². The van der Waals surface area contributed by atoms with Crippen molar-refractivity contribution in [3.63, 3.8) is 0 Å². The van der Waals surface area contributed by atoms with Gasteiger partial charge in [-0.25, -0.2) is 17.8 Å². The third-order valence-corrected chi connectivity index (χ3v) is 6.17. The molecule has 4 aromatic rings. The van der Waals surface area contributed by atoms with Gasteiger partial charge >= 0.3 is 0 Å². The lowest BCUT2D eigenvalue weighted by molar-refractivity contribution is 0.293. The van der Waals surface area contributed by atoms with Crippen LogP contribution in [-0.4, -0.2) is 19.7 Å². The quantitative estimate of drug-likeness (QED) is 0.386. The third-order valence-electron chi connectivity index (χ3n) is 5.04. The first-order chi connectivity index (χ1) is 15.8. The first-order valence-corrected chi connectivity index (χ1v) is 11.9. The van der Waals surface area contributed by atoms with Crippen molar-refractivity contribution in [2.45, 2.75) is 11.5 Å². The smallest absolute Gasteiger partial charge is 0.232 e. The Labute approximate surface area is 191 Å². The summed E-state index contributed by atoms with van der Waals surface area (Å²) in [6.45, 7) is 0.230. The lowest BCUT2D eigenvalue weighted by Crippen LogP contribution is -2.02. The number of nitriles is 1. The van der Waals surface area contributed by atoms with Crippen LogP contribution < -0.4 is 4.74 Å². The normalized spacial score (nSPS) is 11.1. The van der Waals surface area contributed by atoms with Gasteiger partial charge in [0.2, 0.25) is 5.88 Å². The summed E-state index contributed by atoms with van der Waals surface area (Å²) in [6, 6.07) is 25.5. The molecular weight excluding hydrogens is 439 g/mol. The maximum Gasteiger partial charge on any atom is 0.232 e. The zero-order valence-electron chi connectivity index (χ0n) is 17.7. The summed E-state index contributed by atoms with van der Waals surface area (Å²) in [6.07, 6.45) is 1.14. The Bertz CT molecular complexity index is 1430. The van der Waals surface area contributed by atoms with Crippen LogP contribution in [0.2, 0.25) is 0 Å². The summed E-state index contributed by atoms with van der Waals surface area (Å²) in [5, 5.41) is 9.74. The Morgan fingerprint density at radius 3 is 2.18 bits per heavy atom. The van der Waals surface area contributed by atoms with Crippen LogP contribution in [0.15, 0.2) is 89.8 Å². The highest BCUT2D eigenvalue weighted by Crippen LogP contribution is 2.35. The Kier molecular flexibility index (Phi) is 6.20. The Morgan fingerprint density at radius 2 is 1.58 bits per heavy atom. The number of halogens is 1. The monoisotopic (exact) mass is 458 g/mol. The minimum absolute atomic E-state index is 0.164. The number of benzene rings is 3. The van der Waals surface area contributed by atoms with E-state index >= 15 is 0 Å². The second-order valence-electron chi connectivity index (χ2n) is 7.43. The van der Waals surface area contributed by atoms with Crippen molar-refractivity contribution >= 4 is 9.84 Å². The number of nitrogens with zero attached hydrogens (tertiary/aromatic N) is 2. The average Bonchev–Trinajstić information content (AvgIpc) is 2.83. The molecule has 0 radical (unpaired) electrons. The molecule has 0 unspecified atom stereocenters. The van der Waals surface area contributed by atoms with Crippen LogP contribution in [0, 0.1) is 17.1 Å². The van der Waals surface area contributed by atoms with Crippen molar-refractivity contribution in [2.75, 3.05) is 6.26 Å². The van der Waals surface area contributed by atoms with Gasteiger partial charge in [-0.05, 0) is 53.6 Å². The van der Waals surface area contributed by atoms with Gasteiger partial charge in [-0.2, -0.15) is 5.26 Å². The van der Waals surface area contributed by atoms with E-state index in [2.05, 4.69) is 11.1 Å². The topological polar surface area (TPSA) is 80.0 Å². The molecule has 5 nitrogen and oxygen atoms in total. The number of sulfone groups is 1. The van der Waals surface area contributed by atoms with Crippen molar-refractivity contribution < 1.29 is 17.5 Å². The van der Waals surface area contributed by atoms with Gasteiger partial charge < -0.3 is 4.74 Å². The molecule has 0 aliphatic carbocycles. The van der Waals surface area contributed by atoms with Crippen LogP contribution >= 0.6 is 0 Å². The van der Waals surface area contributed by atoms with Crippen LogP contribution in [0.5, 0.6) is 5.88 Å². The number of pyridine rings is 1. The SMILES string of the molecule is CS(=O)(=O)c1ccc(-c2cc(C#N)c(OCc3ccccc3)nc2-c2ccc(F)cc2)cc1. The largest absolute Gasteiger partial charge is 0.472 e. The Balaban J connectivity index is 1.82. The molecule has 0 amide bonds. The van der Waals surface area contributed by atoms with E-state index in [1.54, 1.807) is 30.3 Å². The molecule has 7 heteroatoms. The van der Waals surface area contributed by atoms with Gasteiger partial charge in [-0.1, -0.05) is 42.5 Å². The van der Waals surface area contributed by atoms with Crippen molar-refractivity contribution in [1.29, 1.82) is 5.26 Å². The van der Waals surface area contributed by atoms with E-state index in [9.17, 15) is 18.1 Å². The van der Waals surface area contributed by atoms with E-state index in [0.29, 0.717) is 22.4 Å². The third kappa shape index (κ3) is 5.08. The van der Waals surface area contributed by atoms with Crippen LogP contribution in [0.25, 0.3) is 22.4 Å². The van der Waals surface area contributed by atoms with Crippen LogP contribution in [0.3, 0.4) is 0 Å². The molecule has 0 saturated carbocycles. The van der Waals surface area contributed by atoms with Crippen molar-refractivity contribution in [3.8, 4) is 34.3 Å². The molecule has 0 saturated heterocycles. The van der Waals surface area contributed by atoms with Crippen LogP contribution in [0.4, 0.5) is 4.39 Å². The van der Waals surface area contributed by atoms with Gasteiger partial charge in [-0.15, -0.1) is 0 Å². The Morgan fingerprint density at radius 1 is 0.939 bits per heavy atom. The lowest BCUT2D eigenvalue weighted by atomic mass is 9.98. The Hall–Kier alpha value is -4.02. The van der Waals surface area contributed by atoms with Gasteiger partial charge in [0.1, 0.15) is 24.1 Å². The number of aromatic nitrogens is 1. The van der Waals surface area contributed by atoms with Gasteiger partial charge in [0, 0.05) is 17.4 Å². The zero-order chi connectivity index (χ0) is 23.4.